The Balaban J connectivity index is -0.0000000213. The molecule has 0 heterocycles. The minimum absolute atomic E-state index is 0. The number of rotatable bonds is 0. The van der Waals surface area contributed by atoms with Crippen LogP contribution in [0.5, 0.6) is 0 Å². The van der Waals surface area contributed by atoms with Crippen LogP contribution >= 0.6 is 0 Å². The Morgan fingerprint density at radius 1 is 1.08 bits per heavy atom. The van der Waals surface area contributed by atoms with Crippen LogP contribution in [0.3, 0.4) is 0 Å². The molecule has 1 aliphatic rings. The minimum Gasteiger partial charge on any atom is -0.577 e. The Morgan fingerprint density at radius 2 is 1.50 bits per heavy atom. The maximum Gasteiger partial charge on any atom is 0 e. The molecule has 0 N–H and O–H groups in total. The van der Waals surface area contributed by atoms with Gasteiger partial charge in [-0.2, -0.15) is 6.08 Å². The summed E-state index contributed by atoms with van der Waals surface area (Å²) >= 11 is 0. The van der Waals surface area contributed by atoms with Gasteiger partial charge in [-0.15, -0.1) is 6.42 Å². The molecule has 0 radical (unpaired) electrons. The average molecular weight is 339 g/mol. The van der Waals surface area contributed by atoms with Crippen molar-refractivity contribution in [1.29, 1.82) is 0 Å². The summed E-state index contributed by atoms with van der Waals surface area (Å²) < 4.78 is 0. The molecular weight excluding hydrogens is 328 g/mol. The SMILES string of the molecule is [C-]1=CC=CC1.[CH3-].[CH3-].[N-]=O.[N-]=O.[W]. The molecule has 12 heavy (non-hydrogen) atoms. The van der Waals surface area contributed by atoms with Crippen molar-refractivity contribution >= 4 is 0 Å². The molecule has 0 aromatic rings. The zero-order chi connectivity index (χ0) is 7.54. The molecule has 4 nitrogen and oxygen atoms in total. The number of nitrogens with zero attached hydrogens (tertiary/aromatic N) is 2. The predicted molar refractivity (Wildman–Crippen MR) is 47.9 cm³/mol. The van der Waals surface area contributed by atoms with E-state index < -0.39 is 0 Å². The van der Waals surface area contributed by atoms with Crippen LogP contribution in [0, 0.1) is 30.7 Å². The molecule has 1 aliphatic carbocycles. The first-order valence-corrected chi connectivity index (χ1v) is 2.08. The first-order valence-electron chi connectivity index (χ1n) is 2.08. The Hall–Kier alpha value is -0.632. The summed E-state index contributed by atoms with van der Waals surface area (Å²) in [4.78, 5) is 14.5. The molecule has 0 saturated heterocycles. The smallest absolute Gasteiger partial charge is 0 e. The molecule has 0 aliphatic heterocycles. The fourth-order valence-corrected chi connectivity index (χ4v) is 0.340. The molecule has 0 spiro atoms. The zero-order valence-electron chi connectivity index (χ0n) is 7.06. The summed E-state index contributed by atoms with van der Waals surface area (Å²) in [6.45, 7) is 0. The summed E-state index contributed by atoms with van der Waals surface area (Å²) in [6.07, 6.45) is 10.0. The molecule has 72 valence electrons. The predicted octanol–water partition coefficient (Wildman–Crippen LogP) is 2.85. The fraction of sp³-hybridized carbons (Fsp3) is 0.143. The monoisotopic (exact) mass is 339 g/mol. The molecule has 0 saturated carbocycles. The van der Waals surface area contributed by atoms with Crippen molar-refractivity contribution in [3.05, 3.63) is 60.2 Å². The standard InChI is InChI=1S/C5H5.2CH3.2NO.W/c1-2-4-5-3-1;;;2*1-2;/h1-3H,4H2;2*1H3;;;/q5*-1;. The average Bonchev–Trinajstić information content (AvgIpc) is 2.51. The third-order valence-corrected chi connectivity index (χ3v) is 0.586. The normalized spacial score (nSPS) is 8.00. The van der Waals surface area contributed by atoms with Crippen LogP contribution in [0.15, 0.2) is 18.2 Å². The maximum atomic E-state index is 7.25. The molecule has 1 rings (SSSR count). The number of nitroso groups, excluding NO2 is 2. The summed E-state index contributed by atoms with van der Waals surface area (Å²) in [6, 6.07) is 0. The van der Waals surface area contributed by atoms with Gasteiger partial charge in [-0.05, 0) is 0 Å². The van der Waals surface area contributed by atoms with E-state index in [4.69, 9.17) is 21.0 Å². The van der Waals surface area contributed by atoms with Gasteiger partial charge in [0, 0.05) is 21.1 Å². The van der Waals surface area contributed by atoms with Crippen molar-refractivity contribution in [2.24, 2.45) is 0 Å². The van der Waals surface area contributed by atoms with Crippen molar-refractivity contribution in [3.63, 3.8) is 0 Å². The Kier molecular flexibility index (Phi) is 120. The van der Waals surface area contributed by atoms with E-state index in [0.717, 1.165) is 6.42 Å². The van der Waals surface area contributed by atoms with Gasteiger partial charge in [-0.25, -0.2) is 12.2 Å². The molecule has 0 amide bonds. The van der Waals surface area contributed by atoms with Gasteiger partial charge in [-0.3, -0.25) is 6.08 Å². The zero-order valence-corrected chi connectivity index (χ0v) is 9.99. The maximum absolute atomic E-state index is 7.25. The third kappa shape index (κ3) is 34.4. The second-order valence-electron chi connectivity index (χ2n) is 1.00. The van der Waals surface area contributed by atoms with Gasteiger partial charge in [0.05, 0.1) is 0 Å². The van der Waals surface area contributed by atoms with Crippen LogP contribution in [0.4, 0.5) is 0 Å². The fourth-order valence-electron chi connectivity index (χ4n) is 0.340. The van der Waals surface area contributed by atoms with E-state index in [1.807, 2.05) is 12.2 Å². The largest absolute Gasteiger partial charge is 0.577 e. The van der Waals surface area contributed by atoms with E-state index in [-0.39, 0.29) is 35.9 Å². The molecule has 0 atom stereocenters. The van der Waals surface area contributed by atoms with Gasteiger partial charge in [0.15, 0.2) is 0 Å². The van der Waals surface area contributed by atoms with E-state index in [0.29, 0.717) is 0 Å². The Labute approximate surface area is 87.9 Å². The van der Waals surface area contributed by atoms with Crippen LogP contribution in [0.25, 0.3) is 11.2 Å². The summed E-state index contributed by atoms with van der Waals surface area (Å²) in [5.41, 5.74) is 11.5. The van der Waals surface area contributed by atoms with Crippen molar-refractivity contribution in [1.82, 2.24) is 0 Å². The van der Waals surface area contributed by atoms with E-state index in [2.05, 4.69) is 12.2 Å². The quantitative estimate of drug-likeness (QED) is 0.636. The van der Waals surface area contributed by atoms with Gasteiger partial charge in [0.2, 0.25) is 0 Å². The number of hydrogen-bond acceptors (Lipinski definition) is 2. The molecule has 0 aromatic heterocycles. The van der Waals surface area contributed by atoms with Crippen molar-refractivity contribution in [2.45, 2.75) is 6.42 Å². The molecular formula is C7H11N2O2W-5. The van der Waals surface area contributed by atoms with E-state index in [9.17, 15) is 0 Å². The summed E-state index contributed by atoms with van der Waals surface area (Å²) in [5.74, 6) is 0. The number of allylic oxidation sites excluding steroid dienone is 4. The Bertz CT molecular complexity index is 95.6. The van der Waals surface area contributed by atoms with Gasteiger partial charge >= 0.3 is 0 Å². The van der Waals surface area contributed by atoms with Crippen molar-refractivity contribution in [2.75, 3.05) is 0 Å². The van der Waals surface area contributed by atoms with Gasteiger partial charge in [0.25, 0.3) is 0 Å². The van der Waals surface area contributed by atoms with Crippen LogP contribution in [0.2, 0.25) is 0 Å². The Morgan fingerprint density at radius 3 is 1.58 bits per heavy atom. The summed E-state index contributed by atoms with van der Waals surface area (Å²) in [7, 11) is 0. The molecule has 0 fully saturated rings. The second-order valence-corrected chi connectivity index (χ2v) is 1.00. The summed E-state index contributed by atoms with van der Waals surface area (Å²) in [5, 5.41) is 0. The first-order chi connectivity index (χ1) is 4.50. The van der Waals surface area contributed by atoms with Crippen LogP contribution < -0.4 is 0 Å². The number of hydrogen-bond donors (Lipinski definition) is 0. The van der Waals surface area contributed by atoms with E-state index in [1.54, 1.807) is 0 Å². The molecule has 0 unspecified atom stereocenters. The van der Waals surface area contributed by atoms with Crippen molar-refractivity contribution in [3.8, 4) is 0 Å². The molecule has 0 aromatic carbocycles. The van der Waals surface area contributed by atoms with Crippen LogP contribution in [0.1, 0.15) is 6.42 Å². The molecule has 5 heteroatoms. The van der Waals surface area contributed by atoms with Crippen LogP contribution in [-0.2, 0) is 21.1 Å². The second kappa shape index (κ2) is 47.7. The van der Waals surface area contributed by atoms with E-state index >= 15 is 0 Å². The van der Waals surface area contributed by atoms with Gasteiger partial charge in [-0.1, -0.05) is 0 Å². The molecule has 0 bridgehead atoms. The third-order valence-electron chi connectivity index (χ3n) is 0.586. The van der Waals surface area contributed by atoms with Crippen LogP contribution in [-0.4, -0.2) is 0 Å². The topological polar surface area (TPSA) is 78.7 Å². The van der Waals surface area contributed by atoms with Gasteiger partial charge in [0.1, 0.15) is 0 Å². The van der Waals surface area contributed by atoms with Gasteiger partial charge < -0.3 is 35.9 Å². The van der Waals surface area contributed by atoms with E-state index in [1.165, 1.54) is 0 Å². The minimum atomic E-state index is 0. The first kappa shape index (κ1) is 30.1. The van der Waals surface area contributed by atoms with Crippen molar-refractivity contribution < 1.29 is 21.1 Å².